The van der Waals surface area contributed by atoms with E-state index in [-0.39, 0.29) is 0 Å². The molecule has 2 aliphatic heterocycles. The molecule has 0 radical (unpaired) electrons. The summed E-state index contributed by atoms with van der Waals surface area (Å²) in [5.74, 6) is 0. The van der Waals surface area contributed by atoms with Crippen molar-refractivity contribution in [2.24, 2.45) is 0 Å². The summed E-state index contributed by atoms with van der Waals surface area (Å²) in [4.78, 5) is 0. The van der Waals surface area contributed by atoms with Crippen LogP contribution >= 0.6 is 31.5 Å². The van der Waals surface area contributed by atoms with Gasteiger partial charge in [0.2, 0.25) is 0 Å². The van der Waals surface area contributed by atoms with E-state index in [9.17, 15) is 0 Å². The molecule has 0 amide bonds. The van der Waals surface area contributed by atoms with E-state index in [4.69, 9.17) is 0 Å². The van der Waals surface area contributed by atoms with Gasteiger partial charge in [-0.05, 0) is 24.0 Å². The Balaban J connectivity index is 0.000000179. The maximum atomic E-state index is 2.54. The zero-order valence-electron chi connectivity index (χ0n) is 19.5. The molecule has 0 aromatic heterocycles. The summed E-state index contributed by atoms with van der Waals surface area (Å²) in [5, 5.41) is 3.29. The monoisotopic (exact) mass is 558 g/mol. The van der Waals surface area contributed by atoms with Crippen LogP contribution in [0.1, 0.15) is 52.7 Å². The SMILES string of the molecule is CC1=C(C)[C](C)([Zr][C]2(C)P=PC(C)=C2C)P=P1.c1ccc(CCc2ccccc2)cc1. The maximum absolute atomic E-state index is 2.54. The molecular weight excluding hydrogens is 527 g/mol. The first-order valence-corrected chi connectivity index (χ1v) is 18.3. The van der Waals surface area contributed by atoms with Gasteiger partial charge in [0, 0.05) is 0 Å². The van der Waals surface area contributed by atoms with Crippen molar-refractivity contribution in [2.45, 2.75) is 60.1 Å². The topological polar surface area (TPSA) is 0 Å². The van der Waals surface area contributed by atoms with E-state index in [2.05, 4.69) is 102 Å². The van der Waals surface area contributed by atoms with Crippen molar-refractivity contribution in [1.82, 2.24) is 0 Å². The van der Waals surface area contributed by atoms with Gasteiger partial charge in [-0.15, -0.1) is 0 Å². The van der Waals surface area contributed by atoms with E-state index in [1.807, 2.05) is 0 Å². The number of allylic oxidation sites excluding steroid dienone is 4. The van der Waals surface area contributed by atoms with Crippen molar-refractivity contribution in [3.05, 3.63) is 93.6 Å². The zero-order valence-corrected chi connectivity index (χ0v) is 25.5. The Morgan fingerprint density at radius 3 is 1.26 bits per heavy atom. The third-order valence-corrected chi connectivity index (χ3v) is 23.9. The van der Waals surface area contributed by atoms with E-state index in [0.717, 1.165) is 12.8 Å². The molecule has 4 rings (SSSR count). The molecule has 31 heavy (non-hydrogen) atoms. The number of aryl methyl sites for hydroxylation is 2. The quantitative estimate of drug-likeness (QED) is 0.320. The van der Waals surface area contributed by atoms with Crippen LogP contribution < -0.4 is 0 Å². The van der Waals surface area contributed by atoms with Gasteiger partial charge in [0.25, 0.3) is 0 Å². The maximum Gasteiger partial charge on any atom is -0.0238 e. The molecule has 2 aliphatic rings. The Bertz CT molecular complexity index is 940. The molecule has 2 unspecified atom stereocenters. The van der Waals surface area contributed by atoms with Crippen molar-refractivity contribution < 1.29 is 23.2 Å². The second kappa shape index (κ2) is 11.4. The minimum absolute atomic E-state index is 0.468. The van der Waals surface area contributed by atoms with Gasteiger partial charge in [-0.3, -0.25) is 0 Å². The number of benzene rings is 2. The van der Waals surface area contributed by atoms with Gasteiger partial charge in [0.05, 0.1) is 0 Å². The van der Waals surface area contributed by atoms with Gasteiger partial charge in [-0.1, -0.05) is 60.7 Å². The smallest absolute Gasteiger partial charge is 0.0238 e. The minimum Gasteiger partial charge on any atom is -0.0622 e. The molecular formula is C26H32P4Zr. The Morgan fingerprint density at radius 1 is 0.613 bits per heavy atom. The molecule has 0 bridgehead atoms. The first-order chi connectivity index (χ1) is 14.7. The molecule has 0 nitrogen and oxygen atoms in total. The predicted molar refractivity (Wildman–Crippen MR) is 142 cm³/mol. The number of hydrogen-bond donors (Lipinski definition) is 0. The van der Waals surface area contributed by atoms with Crippen LogP contribution in [0.15, 0.2) is 82.4 Å². The molecule has 5 heteroatoms. The summed E-state index contributed by atoms with van der Waals surface area (Å²) in [5.41, 5.74) is 6.27. The Kier molecular flexibility index (Phi) is 9.44. The third kappa shape index (κ3) is 6.76. The summed E-state index contributed by atoms with van der Waals surface area (Å²) in [7, 11) is 6.49. The molecule has 0 saturated carbocycles. The van der Waals surface area contributed by atoms with E-state index in [0.29, 0.717) is 5.73 Å². The van der Waals surface area contributed by atoms with Crippen LogP contribution in [0.2, 0.25) is 0 Å². The van der Waals surface area contributed by atoms with Gasteiger partial charge in [-0.25, -0.2) is 0 Å². The molecule has 2 heterocycles. The van der Waals surface area contributed by atoms with Crippen molar-refractivity contribution in [1.29, 1.82) is 0 Å². The largest absolute Gasteiger partial charge is 0.0622 e. The van der Waals surface area contributed by atoms with Gasteiger partial charge in [0.15, 0.2) is 0 Å². The fourth-order valence-corrected chi connectivity index (χ4v) is 22.5. The Hall–Kier alpha value is 0.00312. The molecule has 0 aliphatic carbocycles. The fourth-order valence-electron chi connectivity index (χ4n) is 3.64. The summed E-state index contributed by atoms with van der Waals surface area (Å²) >= 11 is -0.468. The predicted octanol–water partition coefficient (Wildman–Crippen LogP) is 10.2. The van der Waals surface area contributed by atoms with Crippen LogP contribution in [0.25, 0.3) is 0 Å². The standard InChI is InChI=1S/C14H14.2C6H9P2.Zr/c1-3-7-13(8-4-1)11-12-14-9-5-2-6-10-14;2*1-4-5(2)7-8-6(4)3;/h1-10H,11-12H2;2*1-3H3;. The molecule has 0 saturated heterocycles. The molecule has 0 spiro atoms. The van der Waals surface area contributed by atoms with Crippen molar-refractivity contribution >= 4 is 31.5 Å². The van der Waals surface area contributed by atoms with Crippen LogP contribution in [-0.4, -0.2) is 5.73 Å². The fraction of sp³-hybridized carbons (Fsp3) is 0.385. The summed E-state index contributed by atoms with van der Waals surface area (Å²) in [6.07, 6.45) is 2.26. The molecule has 160 valence electrons. The van der Waals surface area contributed by atoms with Crippen molar-refractivity contribution in [3.63, 3.8) is 0 Å². The van der Waals surface area contributed by atoms with Gasteiger partial charge >= 0.3 is 124 Å². The van der Waals surface area contributed by atoms with Crippen molar-refractivity contribution in [3.8, 4) is 0 Å². The average molecular weight is 560 g/mol. The van der Waals surface area contributed by atoms with Gasteiger partial charge < -0.3 is 0 Å². The van der Waals surface area contributed by atoms with Crippen LogP contribution in [0.3, 0.4) is 0 Å². The minimum atomic E-state index is -0.468. The summed E-state index contributed by atoms with van der Waals surface area (Å²) in [6, 6.07) is 21.2. The Labute approximate surface area is 207 Å². The first kappa shape index (κ1) is 25.6. The molecule has 0 fully saturated rings. The molecule has 0 N–H and O–H groups in total. The van der Waals surface area contributed by atoms with E-state index in [1.54, 1.807) is 53.2 Å². The average Bonchev–Trinajstić information content (AvgIpc) is 3.18. The number of rotatable bonds is 5. The molecule has 2 aromatic carbocycles. The van der Waals surface area contributed by atoms with Gasteiger partial charge in [-0.2, -0.15) is 0 Å². The second-order valence-electron chi connectivity index (χ2n) is 8.56. The van der Waals surface area contributed by atoms with Gasteiger partial charge in [0.1, 0.15) is 0 Å². The van der Waals surface area contributed by atoms with Crippen molar-refractivity contribution in [2.75, 3.05) is 0 Å². The van der Waals surface area contributed by atoms with Crippen LogP contribution in [0.5, 0.6) is 0 Å². The third-order valence-electron chi connectivity index (χ3n) is 6.22. The van der Waals surface area contributed by atoms with Crippen LogP contribution in [0.4, 0.5) is 0 Å². The summed E-state index contributed by atoms with van der Waals surface area (Å²) in [6.45, 7) is 14.5. The molecule has 2 aromatic rings. The van der Waals surface area contributed by atoms with E-state index < -0.39 is 23.2 Å². The second-order valence-corrected chi connectivity index (χ2v) is 22.5. The molecule has 2 atom stereocenters. The first-order valence-electron chi connectivity index (χ1n) is 10.8. The van der Waals surface area contributed by atoms with E-state index >= 15 is 0 Å². The number of hydrogen-bond acceptors (Lipinski definition) is 0. The summed E-state index contributed by atoms with van der Waals surface area (Å²) < 4.78 is 1.16. The van der Waals surface area contributed by atoms with Crippen LogP contribution in [0, 0.1) is 0 Å². The van der Waals surface area contributed by atoms with E-state index in [1.165, 1.54) is 11.1 Å². The zero-order chi connectivity index (χ0) is 22.5. The normalized spacial score (nSPS) is 26.5. The Morgan fingerprint density at radius 2 is 0.968 bits per heavy atom. The van der Waals surface area contributed by atoms with Crippen LogP contribution in [-0.2, 0) is 36.1 Å².